The second-order valence-electron chi connectivity index (χ2n) is 17.2. The lowest BCUT2D eigenvalue weighted by molar-refractivity contribution is -0.120. The molecule has 4 aliphatic heterocycles. The number of aliphatic hydroxyl groups is 2. The summed E-state index contributed by atoms with van der Waals surface area (Å²) >= 11 is 0. The monoisotopic (exact) mass is 1050 g/mol. The lowest BCUT2D eigenvalue weighted by atomic mass is 9.79. The fourth-order valence-corrected chi connectivity index (χ4v) is 12.6. The van der Waals surface area contributed by atoms with E-state index in [1.807, 2.05) is 32.0 Å². The molecule has 2 aromatic carbocycles. The number of phosphoric acid groups is 3. The highest BCUT2D eigenvalue weighted by molar-refractivity contribution is 7.85. The van der Waals surface area contributed by atoms with Crippen molar-refractivity contribution in [1.82, 2.24) is 19.4 Å². The summed E-state index contributed by atoms with van der Waals surface area (Å²) in [6.45, 7) is 6.76. The van der Waals surface area contributed by atoms with Gasteiger partial charge < -0.3 is 59.8 Å². The number of fused-ring (bicyclic) bond motifs is 4. The van der Waals surface area contributed by atoms with Crippen molar-refractivity contribution in [2.45, 2.75) is 88.9 Å². The van der Waals surface area contributed by atoms with E-state index in [0.29, 0.717) is 57.7 Å². The normalized spacial score (nSPS) is 23.4. The van der Waals surface area contributed by atoms with Gasteiger partial charge in [0.25, 0.3) is 0 Å². The van der Waals surface area contributed by atoms with E-state index in [-0.39, 0.29) is 30.3 Å². The molecule has 7 atom stereocenters. The number of rotatable bonds is 16. The Morgan fingerprint density at radius 3 is 2.52 bits per heavy atom. The Labute approximate surface area is 393 Å². The van der Waals surface area contributed by atoms with Gasteiger partial charge in [0.1, 0.15) is 48.3 Å². The molecule has 376 valence electrons. The van der Waals surface area contributed by atoms with E-state index in [4.69, 9.17) is 30.0 Å². The molecule has 30 heteroatoms. The highest BCUT2D eigenvalue weighted by atomic mass is 32.2. The van der Waals surface area contributed by atoms with Crippen LogP contribution in [0.4, 0.5) is 17.2 Å². The van der Waals surface area contributed by atoms with Crippen molar-refractivity contribution < 1.29 is 83.9 Å². The van der Waals surface area contributed by atoms with Crippen molar-refractivity contribution in [3.8, 4) is 23.3 Å². The number of nitrogen functional groups attached to an aromatic ring is 1. The molecule has 1 fully saturated rings. The second kappa shape index (κ2) is 20.0. The van der Waals surface area contributed by atoms with Gasteiger partial charge in [-0.2, -0.15) is 13.6 Å². The van der Waals surface area contributed by atoms with Crippen LogP contribution in [0.2, 0.25) is 0 Å². The van der Waals surface area contributed by atoms with Crippen LogP contribution >= 0.6 is 23.5 Å². The maximum Gasteiger partial charge on any atom is 0.490 e. The van der Waals surface area contributed by atoms with Crippen LogP contribution in [0.25, 0.3) is 0 Å². The first kappa shape index (κ1) is 52.4. The number of carbonyl (C=O) groups excluding carboxylic acids is 1. The van der Waals surface area contributed by atoms with Gasteiger partial charge in [-0.25, -0.2) is 36.5 Å². The number of phosphoric ester groups is 1. The molecule has 0 spiro atoms. The fraction of sp³-hybridized carbons (Fsp3) is 0.513. The Bertz CT molecular complexity index is 3070. The molecule has 69 heavy (non-hydrogen) atoms. The number of benzene rings is 2. The molecule has 26 nitrogen and oxygen atoms in total. The molecule has 7 rings (SSSR count). The largest absolute Gasteiger partial charge is 0.748 e. The van der Waals surface area contributed by atoms with Crippen LogP contribution in [0.3, 0.4) is 0 Å². The molecule has 3 aromatic rings. The number of hydrogen-bond acceptors (Lipinski definition) is 19. The van der Waals surface area contributed by atoms with Gasteiger partial charge >= 0.3 is 29.2 Å². The summed E-state index contributed by atoms with van der Waals surface area (Å²) in [4.78, 5) is 72.9. The molecule has 0 bridgehead atoms. The van der Waals surface area contributed by atoms with E-state index < -0.39 is 87.6 Å². The predicted octanol–water partition coefficient (Wildman–Crippen LogP) is -0.132. The SMILES string of the molecule is CC[N+]1=c2cc3c(cc2CCC1)=Nc1cc2c(cc1O3)N(CCCC(=O)NCC#Cc1cn([C@@H]3O[C@H](COP(=O)(O)OP(=O)(O)OP(=O)(O)O)[C@@H](O)[C@H]3O)c(=O)nc1N)C(C)(C)CC2CS(=O)(=O)[O-]. The van der Waals surface area contributed by atoms with E-state index in [9.17, 15) is 56.3 Å². The zero-order valence-corrected chi connectivity index (χ0v) is 40.6. The quantitative estimate of drug-likeness (QED) is 0.0313. The van der Waals surface area contributed by atoms with E-state index in [1.165, 1.54) is 5.56 Å². The summed E-state index contributed by atoms with van der Waals surface area (Å²) < 4.78 is 97.7. The fourth-order valence-electron chi connectivity index (χ4n) is 8.79. The topological polar surface area (TPSA) is 385 Å². The lowest BCUT2D eigenvalue weighted by Gasteiger charge is -2.48. The maximum absolute atomic E-state index is 13.0. The lowest BCUT2D eigenvalue weighted by Crippen LogP contribution is -2.50. The van der Waals surface area contributed by atoms with Gasteiger partial charge in [-0.3, -0.25) is 13.9 Å². The van der Waals surface area contributed by atoms with Gasteiger partial charge in [-0.15, -0.1) is 0 Å². The van der Waals surface area contributed by atoms with Gasteiger partial charge in [-0.05, 0) is 57.7 Å². The third-order valence-corrected chi connectivity index (χ3v) is 16.3. The highest BCUT2D eigenvalue weighted by Crippen LogP contribution is 2.66. The second-order valence-corrected chi connectivity index (χ2v) is 23.0. The zero-order valence-electron chi connectivity index (χ0n) is 37.1. The molecule has 0 radical (unpaired) electrons. The standard InChI is InChI=1S/C39H50N7O19P3S/c1-4-44-12-6-9-22-14-26-30(16-28(22)44)62-31-17-29-25(15-27(31)42-26)24(21-69(58,59)60)18-39(2,3)46(29)13-7-10-33(47)41-11-5-8-23-19-45(38(50)43-36(23)40)37-35(49)34(48)32(63-37)20-61-67(54,55)65-68(56,57)64-66(51,52)53/h14-17,19,24,32,34-35,37,48-49H,4,6-7,9-13,18,20-21H2,1-3H3,(H7-,40,41,43,47,50,51,52,53,54,55,56,57,58,59,60)/t24?,32-,34-,35-,37-/m1/s1. The van der Waals surface area contributed by atoms with E-state index in [0.717, 1.165) is 37.5 Å². The molecule has 1 aromatic heterocycles. The first-order valence-corrected chi connectivity index (χ1v) is 27.4. The smallest absolute Gasteiger partial charge is 0.490 e. The van der Waals surface area contributed by atoms with E-state index in [1.54, 1.807) is 6.07 Å². The van der Waals surface area contributed by atoms with Crippen molar-refractivity contribution in [1.29, 1.82) is 0 Å². The van der Waals surface area contributed by atoms with Crippen LogP contribution in [0.1, 0.15) is 75.3 Å². The van der Waals surface area contributed by atoms with Crippen molar-refractivity contribution in [2.24, 2.45) is 4.99 Å². The molecule has 1 amide bonds. The van der Waals surface area contributed by atoms with Crippen molar-refractivity contribution in [3.63, 3.8) is 0 Å². The Kier molecular flexibility index (Phi) is 15.2. The molecular weight excluding hydrogens is 995 g/mol. The average Bonchev–Trinajstić information content (AvgIpc) is 3.50. The Morgan fingerprint density at radius 2 is 1.83 bits per heavy atom. The number of aliphatic hydroxyl groups excluding tert-OH is 2. The average molecular weight is 1050 g/mol. The van der Waals surface area contributed by atoms with Crippen LogP contribution in [0, 0.1) is 11.8 Å². The van der Waals surface area contributed by atoms with E-state index in [2.05, 4.69) is 51.7 Å². The molecule has 1 saturated heterocycles. The van der Waals surface area contributed by atoms with Crippen LogP contribution in [-0.4, -0.2) is 121 Å². The summed E-state index contributed by atoms with van der Waals surface area (Å²) in [7, 11) is -21.8. The molecular formula is C39H50N7O19P3S. The minimum absolute atomic E-state index is 0.0438. The minimum Gasteiger partial charge on any atom is -0.748 e. The molecule has 9 N–H and O–H groups in total. The molecule has 4 aliphatic rings. The summed E-state index contributed by atoms with van der Waals surface area (Å²) in [5.41, 5.74) is 7.06. The van der Waals surface area contributed by atoms with Crippen molar-refractivity contribution >= 4 is 56.7 Å². The summed E-state index contributed by atoms with van der Waals surface area (Å²) in [5, 5.41) is 25.6. The van der Waals surface area contributed by atoms with E-state index >= 15 is 0 Å². The first-order chi connectivity index (χ1) is 32.1. The molecule has 0 aliphatic carbocycles. The third kappa shape index (κ3) is 12.5. The van der Waals surface area contributed by atoms with Gasteiger partial charge in [0, 0.05) is 60.1 Å². The molecule has 0 saturated carbocycles. The summed E-state index contributed by atoms with van der Waals surface area (Å²) in [5.74, 6) is 4.43. The number of nitrogens with zero attached hydrogens (tertiary/aromatic N) is 5. The van der Waals surface area contributed by atoms with Crippen LogP contribution < -0.4 is 41.7 Å². The maximum atomic E-state index is 13.0. The first-order valence-electron chi connectivity index (χ1n) is 21.3. The number of anilines is 2. The predicted molar refractivity (Wildman–Crippen MR) is 239 cm³/mol. The number of hydrogen-bond donors (Lipinski definition) is 8. The summed E-state index contributed by atoms with van der Waals surface area (Å²) in [6.07, 6.45) is -3.59. The van der Waals surface area contributed by atoms with Crippen LogP contribution in [0.15, 0.2) is 40.2 Å². The van der Waals surface area contributed by atoms with Crippen LogP contribution in [0.5, 0.6) is 11.5 Å². The Hall–Kier alpha value is -4.45. The third-order valence-electron chi connectivity index (χ3n) is 11.7. The van der Waals surface area contributed by atoms with Crippen molar-refractivity contribution in [3.05, 3.63) is 68.4 Å². The number of nitrogens with one attached hydrogen (secondary N) is 1. The Balaban J connectivity index is 0.993. The van der Waals surface area contributed by atoms with Gasteiger partial charge in [0.2, 0.25) is 11.3 Å². The van der Waals surface area contributed by atoms with Crippen molar-refractivity contribution in [2.75, 3.05) is 49.2 Å². The number of aromatic nitrogens is 2. The molecule has 5 heterocycles. The molecule has 3 unspecified atom stereocenters. The van der Waals surface area contributed by atoms with Gasteiger partial charge in [0.05, 0.1) is 34.9 Å². The number of carbonyl (C=O) groups is 1. The number of ether oxygens (including phenoxy) is 2. The van der Waals surface area contributed by atoms with Crippen LogP contribution in [-0.2, 0) is 52.9 Å². The summed E-state index contributed by atoms with van der Waals surface area (Å²) in [6, 6.07) is 7.64. The van der Waals surface area contributed by atoms with Gasteiger partial charge in [-0.1, -0.05) is 11.8 Å². The highest BCUT2D eigenvalue weighted by Gasteiger charge is 2.47. The minimum atomic E-state index is -5.85. The van der Waals surface area contributed by atoms with Gasteiger partial charge in [0.15, 0.2) is 17.7 Å². The zero-order chi connectivity index (χ0) is 50.4. The number of aryl methyl sites for hydroxylation is 1. The Morgan fingerprint density at radius 1 is 1.09 bits per heavy atom. The number of amides is 1. The number of nitrogens with two attached hydrogens (primary N) is 1.